The molecule has 0 radical (unpaired) electrons. The molecule has 0 bridgehead atoms. The van der Waals surface area contributed by atoms with E-state index in [1.54, 1.807) is 18.4 Å². The molecule has 0 aliphatic heterocycles. The smallest absolute Gasteiger partial charge is 0.142 e. The Morgan fingerprint density at radius 1 is 1.40 bits per heavy atom. The molecule has 0 spiro atoms. The van der Waals surface area contributed by atoms with E-state index in [0.717, 1.165) is 35.9 Å². The van der Waals surface area contributed by atoms with Crippen molar-refractivity contribution in [2.24, 2.45) is 0 Å². The number of thiazole rings is 1. The fourth-order valence-electron chi connectivity index (χ4n) is 1.91. The van der Waals surface area contributed by atoms with Crippen molar-refractivity contribution in [3.63, 3.8) is 0 Å². The summed E-state index contributed by atoms with van der Waals surface area (Å²) < 4.78 is 5.24. The van der Waals surface area contributed by atoms with Gasteiger partial charge in [-0.1, -0.05) is 6.92 Å². The molecule has 0 saturated carbocycles. The molecule has 20 heavy (non-hydrogen) atoms. The molecule has 108 valence electrons. The van der Waals surface area contributed by atoms with Crippen LogP contribution in [0.15, 0.2) is 18.3 Å². The lowest BCUT2D eigenvalue weighted by Crippen LogP contribution is -2.14. The van der Waals surface area contributed by atoms with Crippen LogP contribution in [0, 0.1) is 6.92 Å². The summed E-state index contributed by atoms with van der Waals surface area (Å²) in [5.74, 6) is 0. The van der Waals surface area contributed by atoms with Gasteiger partial charge in [0.05, 0.1) is 18.0 Å². The van der Waals surface area contributed by atoms with E-state index in [4.69, 9.17) is 4.74 Å². The maximum absolute atomic E-state index is 5.24. The van der Waals surface area contributed by atoms with Crippen LogP contribution in [0.25, 0.3) is 10.7 Å². The summed E-state index contributed by atoms with van der Waals surface area (Å²) >= 11 is 1.70. The first-order chi connectivity index (χ1) is 9.74. The van der Waals surface area contributed by atoms with Crippen LogP contribution in [0.2, 0.25) is 0 Å². The van der Waals surface area contributed by atoms with E-state index >= 15 is 0 Å². The zero-order chi connectivity index (χ0) is 14.4. The van der Waals surface area contributed by atoms with Crippen LogP contribution >= 0.6 is 11.3 Å². The molecule has 2 heterocycles. The van der Waals surface area contributed by atoms with Gasteiger partial charge in [-0.05, 0) is 37.6 Å². The predicted molar refractivity (Wildman–Crippen MR) is 82.8 cm³/mol. The van der Waals surface area contributed by atoms with Crippen molar-refractivity contribution in [2.75, 3.05) is 13.7 Å². The van der Waals surface area contributed by atoms with Crippen LogP contribution in [0.3, 0.4) is 0 Å². The predicted octanol–water partition coefficient (Wildman–Crippen LogP) is 3.16. The molecule has 0 saturated heterocycles. The van der Waals surface area contributed by atoms with Crippen LogP contribution in [0.4, 0.5) is 0 Å². The average molecular weight is 291 g/mol. The second kappa shape index (κ2) is 7.47. The molecular weight excluding hydrogens is 270 g/mol. The zero-order valence-electron chi connectivity index (χ0n) is 12.3. The summed E-state index contributed by atoms with van der Waals surface area (Å²) in [6.45, 7) is 6.64. The van der Waals surface area contributed by atoms with Gasteiger partial charge in [0.1, 0.15) is 5.01 Å². The van der Waals surface area contributed by atoms with Gasteiger partial charge >= 0.3 is 0 Å². The van der Waals surface area contributed by atoms with Crippen molar-refractivity contribution in [1.29, 1.82) is 0 Å². The van der Waals surface area contributed by atoms with Crippen molar-refractivity contribution < 1.29 is 4.74 Å². The lowest BCUT2D eigenvalue weighted by molar-refractivity contribution is 0.181. The van der Waals surface area contributed by atoms with E-state index in [-0.39, 0.29) is 0 Å². The molecular formula is C15H21N3OS. The highest BCUT2D eigenvalue weighted by molar-refractivity contribution is 7.15. The van der Waals surface area contributed by atoms with Gasteiger partial charge in [0.15, 0.2) is 0 Å². The molecule has 0 aliphatic rings. The number of methoxy groups -OCH3 is 1. The summed E-state index contributed by atoms with van der Waals surface area (Å²) in [5.41, 5.74) is 3.15. The number of rotatable bonds is 7. The minimum absolute atomic E-state index is 0.547. The first-order valence-electron chi connectivity index (χ1n) is 6.85. The lowest BCUT2D eigenvalue weighted by atomic mass is 10.2. The van der Waals surface area contributed by atoms with Crippen molar-refractivity contribution in [1.82, 2.24) is 15.3 Å². The maximum Gasteiger partial charge on any atom is 0.142 e. The number of hydrogen-bond acceptors (Lipinski definition) is 5. The fraction of sp³-hybridized carbons (Fsp3) is 0.467. The fourth-order valence-corrected chi connectivity index (χ4v) is 2.91. The highest BCUT2D eigenvalue weighted by atomic mass is 32.1. The van der Waals surface area contributed by atoms with Gasteiger partial charge in [0, 0.05) is 24.7 Å². The molecule has 5 heteroatoms. The minimum atomic E-state index is 0.547. The number of pyridine rings is 1. The number of ether oxygens (including phenoxy) is 1. The Morgan fingerprint density at radius 2 is 2.25 bits per heavy atom. The van der Waals surface area contributed by atoms with E-state index in [0.29, 0.717) is 6.61 Å². The van der Waals surface area contributed by atoms with Crippen molar-refractivity contribution in [2.45, 2.75) is 33.4 Å². The molecule has 0 aliphatic carbocycles. The van der Waals surface area contributed by atoms with Gasteiger partial charge in [0.25, 0.3) is 0 Å². The first-order valence-corrected chi connectivity index (χ1v) is 7.67. The van der Waals surface area contributed by atoms with Crippen LogP contribution in [-0.4, -0.2) is 23.6 Å². The van der Waals surface area contributed by atoms with Gasteiger partial charge in [-0.15, -0.1) is 11.3 Å². The molecule has 0 unspecified atom stereocenters. The summed E-state index contributed by atoms with van der Waals surface area (Å²) in [7, 11) is 1.70. The summed E-state index contributed by atoms with van der Waals surface area (Å²) in [6.07, 6.45) is 2.96. The van der Waals surface area contributed by atoms with Crippen molar-refractivity contribution in [3.8, 4) is 10.7 Å². The molecule has 0 fully saturated rings. The highest BCUT2D eigenvalue weighted by Gasteiger charge is 2.13. The molecule has 0 amide bonds. The average Bonchev–Trinajstić information content (AvgIpc) is 2.83. The van der Waals surface area contributed by atoms with Crippen LogP contribution in [-0.2, 0) is 17.9 Å². The third kappa shape index (κ3) is 3.85. The number of nitrogens with one attached hydrogen (secondary N) is 1. The van der Waals surface area contributed by atoms with Gasteiger partial charge in [-0.2, -0.15) is 0 Å². The normalized spacial score (nSPS) is 10.9. The summed E-state index contributed by atoms with van der Waals surface area (Å²) in [4.78, 5) is 10.3. The molecule has 0 aromatic carbocycles. The molecule has 4 nitrogen and oxygen atoms in total. The summed E-state index contributed by atoms with van der Waals surface area (Å²) in [5, 5.41) is 4.39. The third-order valence-corrected chi connectivity index (χ3v) is 4.03. The molecule has 0 atom stereocenters. The van der Waals surface area contributed by atoms with Crippen molar-refractivity contribution in [3.05, 3.63) is 34.5 Å². The summed E-state index contributed by atoms with van der Waals surface area (Å²) in [6, 6.07) is 4.07. The van der Waals surface area contributed by atoms with E-state index in [9.17, 15) is 0 Å². The largest absolute Gasteiger partial charge is 0.378 e. The van der Waals surface area contributed by atoms with Crippen LogP contribution < -0.4 is 5.32 Å². The molecule has 1 N–H and O–H groups in total. The van der Waals surface area contributed by atoms with E-state index in [2.05, 4.69) is 35.2 Å². The van der Waals surface area contributed by atoms with Crippen LogP contribution in [0.1, 0.15) is 29.5 Å². The Balaban J connectivity index is 2.23. The standard InChI is InChI=1S/C15H21N3OS/c1-4-6-16-9-14-13(10-19-3)18-15(20-14)12-8-11(2)5-7-17-12/h5,7-8,16H,4,6,9-10H2,1-3H3. The highest BCUT2D eigenvalue weighted by Crippen LogP contribution is 2.27. The topological polar surface area (TPSA) is 47.0 Å². The Labute approximate surface area is 124 Å². The van der Waals surface area contributed by atoms with Gasteiger partial charge in [0.2, 0.25) is 0 Å². The minimum Gasteiger partial charge on any atom is -0.378 e. The number of nitrogens with zero attached hydrogens (tertiary/aromatic N) is 2. The Bertz CT molecular complexity index is 554. The van der Waals surface area contributed by atoms with Gasteiger partial charge < -0.3 is 10.1 Å². The second-order valence-electron chi connectivity index (χ2n) is 4.72. The number of aryl methyl sites for hydroxylation is 1. The van der Waals surface area contributed by atoms with Crippen LogP contribution in [0.5, 0.6) is 0 Å². The Kier molecular flexibility index (Phi) is 5.64. The van der Waals surface area contributed by atoms with Crippen molar-refractivity contribution >= 4 is 11.3 Å². The molecule has 2 rings (SSSR count). The number of aromatic nitrogens is 2. The Hall–Kier alpha value is -1.30. The third-order valence-electron chi connectivity index (χ3n) is 2.91. The zero-order valence-corrected chi connectivity index (χ0v) is 13.1. The Morgan fingerprint density at radius 3 is 2.95 bits per heavy atom. The van der Waals surface area contributed by atoms with E-state index in [1.165, 1.54) is 10.4 Å². The van der Waals surface area contributed by atoms with E-state index in [1.807, 2.05) is 12.3 Å². The molecule has 2 aromatic heterocycles. The maximum atomic E-state index is 5.24. The van der Waals surface area contributed by atoms with Gasteiger partial charge in [-0.3, -0.25) is 4.98 Å². The second-order valence-corrected chi connectivity index (χ2v) is 5.80. The molecule has 2 aromatic rings. The quantitative estimate of drug-likeness (QED) is 0.796. The van der Waals surface area contributed by atoms with E-state index < -0.39 is 0 Å². The number of hydrogen-bond donors (Lipinski definition) is 1. The van der Waals surface area contributed by atoms with Gasteiger partial charge in [-0.25, -0.2) is 4.98 Å². The monoisotopic (exact) mass is 291 g/mol. The SMILES string of the molecule is CCCNCc1sc(-c2cc(C)ccn2)nc1COC. The lowest BCUT2D eigenvalue weighted by Gasteiger charge is -2.02. The first kappa shape index (κ1) is 15.1.